The fourth-order valence-electron chi connectivity index (χ4n) is 3.55. The lowest BCUT2D eigenvalue weighted by Gasteiger charge is -2.12. The van der Waals surface area contributed by atoms with Crippen LogP contribution >= 0.6 is 11.8 Å². The number of thioether (sulfide) groups is 1. The molecule has 2 aromatic carbocycles. The molecule has 0 radical (unpaired) electrons. The van der Waals surface area contributed by atoms with Gasteiger partial charge in [0.15, 0.2) is 16.7 Å². The maximum atomic E-state index is 13.2. The van der Waals surface area contributed by atoms with E-state index in [1.54, 1.807) is 32.2 Å². The van der Waals surface area contributed by atoms with E-state index in [-0.39, 0.29) is 22.5 Å². The molecule has 0 spiro atoms. The van der Waals surface area contributed by atoms with Crippen LogP contribution in [-0.4, -0.2) is 44.7 Å². The Morgan fingerprint density at radius 2 is 1.75 bits per heavy atom. The number of amidine groups is 1. The number of likely N-dealkylation sites (N-methyl/N-ethyl adjacent to an activating group) is 1. The van der Waals surface area contributed by atoms with E-state index in [0.29, 0.717) is 28.6 Å². The van der Waals surface area contributed by atoms with Crippen molar-refractivity contribution in [1.29, 1.82) is 0 Å². The van der Waals surface area contributed by atoms with Gasteiger partial charge >= 0.3 is 0 Å². The Labute approximate surface area is 216 Å². The van der Waals surface area contributed by atoms with Gasteiger partial charge in [-0.15, -0.1) is 4.40 Å². The van der Waals surface area contributed by atoms with Crippen LogP contribution in [0.5, 0.6) is 11.5 Å². The fraction of sp³-hybridized carbons (Fsp3) is 0.385. The van der Waals surface area contributed by atoms with E-state index < -0.39 is 15.8 Å². The molecule has 1 heterocycles. The van der Waals surface area contributed by atoms with E-state index in [4.69, 9.17) is 9.47 Å². The van der Waals surface area contributed by atoms with Gasteiger partial charge in [-0.05, 0) is 73.1 Å². The van der Waals surface area contributed by atoms with Crippen molar-refractivity contribution in [3.63, 3.8) is 0 Å². The fourth-order valence-corrected chi connectivity index (χ4v) is 5.79. The number of amides is 1. The maximum absolute atomic E-state index is 13.2. The van der Waals surface area contributed by atoms with Crippen LogP contribution in [-0.2, 0) is 14.8 Å². The minimum Gasteiger partial charge on any atom is -0.493 e. The number of nitrogens with zero attached hydrogens (tertiary/aromatic N) is 2. The smallest absolute Gasteiger partial charge is 0.284 e. The van der Waals surface area contributed by atoms with Gasteiger partial charge < -0.3 is 9.47 Å². The molecule has 1 fully saturated rings. The molecule has 0 bridgehead atoms. The normalized spacial score (nSPS) is 16.2. The largest absolute Gasteiger partial charge is 0.493 e. The van der Waals surface area contributed by atoms with Gasteiger partial charge in [0.05, 0.1) is 23.5 Å². The molecule has 1 aliphatic rings. The number of sulfonamides is 1. The maximum Gasteiger partial charge on any atom is 0.284 e. The molecule has 1 saturated heterocycles. The summed E-state index contributed by atoms with van der Waals surface area (Å²) >= 11 is 0.974. The molecule has 0 saturated carbocycles. The molecule has 1 amide bonds. The lowest BCUT2D eigenvalue weighted by molar-refractivity contribution is -0.122. The van der Waals surface area contributed by atoms with E-state index in [2.05, 4.69) is 11.3 Å². The highest BCUT2D eigenvalue weighted by Crippen LogP contribution is 2.35. The molecule has 0 N–H and O–H groups in total. The van der Waals surface area contributed by atoms with Crippen molar-refractivity contribution >= 4 is 38.9 Å². The van der Waals surface area contributed by atoms with Crippen LogP contribution in [0.1, 0.15) is 51.5 Å². The number of carbonyl (C=O) groups is 1. The summed E-state index contributed by atoms with van der Waals surface area (Å²) in [5.74, 6) is 0.282. The lowest BCUT2D eigenvalue weighted by Crippen LogP contribution is -2.29. The van der Waals surface area contributed by atoms with Crippen molar-refractivity contribution in [2.24, 2.45) is 4.40 Å². The summed E-state index contributed by atoms with van der Waals surface area (Å²) in [6, 6.07) is 9.78. The van der Waals surface area contributed by atoms with Crippen molar-refractivity contribution in [2.45, 2.75) is 50.8 Å². The van der Waals surface area contributed by atoms with Crippen molar-refractivity contribution in [3.8, 4) is 11.5 Å². The second-order valence-electron chi connectivity index (χ2n) is 8.14. The number of halogens is 1. The van der Waals surface area contributed by atoms with Crippen LogP contribution in [0.3, 0.4) is 0 Å². The summed E-state index contributed by atoms with van der Waals surface area (Å²) in [7, 11) is -2.56. The van der Waals surface area contributed by atoms with Crippen molar-refractivity contribution in [1.82, 2.24) is 4.90 Å². The first kappa shape index (κ1) is 27.7. The first-order valence-electron chi connectivity index (χ1n) is 11.9. The number of methoxy groups -OCH3 is 1. The Bertz CT molecular complexity index is 1230. The van der Waals surface area contributed by atoms with Crippen molar-refractivity contribution < 1.29 is 27.1 Å². The monoisotopic (exact) mass is 534 g/mol. The number of unbranched alkanes of at least 4 members (excludes halogenated alkanes) is 4. The van der Waals surface area contributed by atoms with Crippen LogP contribution in [0.25, 0.3) is 6.08 Å². The van der Waals surface area contributed by atoms with Gasteiger partial charge in [-0.2, -0.15) is 8.42 Å². The second-order valence-corrected chi connectivity index (χ2v) is 10.7. The third-order valence-corrected chi connectivity index (χ3v) is 7.91. The number of hydrogen-bond acceptors (Lipinski definition) is 6. The molecule has 0 unspecified atom stereocenters. The average molecular weight is 535 g/mol. The van der Waals surface area contributed by atoms with Gasteiger partial charge in [0.2, 0.25) is 0 Å². The molecule has 7 nitrogen and oxygen atoms in total. The molecular weight excluding hydrogens is 503 g/mol. The number of hydrogen-bond donors (Lipinski definition) is 0. The van der Waals surface area contributed by atoms with Gasteiger partial charge in [-0.3, -0.25) is 9.69 Å². The van der Waals surface area contributed by atoms with Gasteiger partial charge in [-0.1, -0.05) is 38.7 Å². The van der Waals surface area contributed by atoms with Gasteiger partial charge in [0.1, 0.15) is 5.82 Å². The van der Waals surface area contributed by atoms with Crippen molar-refractivity contribution in [3.05, 3.63) is 58.8 Å². The third-order valence-electron chi connectivity index (χ3n) is 5.50. The van der Waals surface area contributed by atoms with E-state index >= 15 is 0 Å². The zero-order chi connectivity index (χ0) is 26.1. The van der Waals surface area contributed by atoms with Crippen molar-refractivity contribution in [2.75, 3.05) is 20.3 Å². The summed E-state index contributed by atoms with van der Waals surface area (Å²) in [5, 5.41) is 0.0491. The first-order chi connectivity index (χ1) is 17.3. The highest BCUT2D eigenvalue weighted by Gasteiger charge is 2.34. The number of benzene rings is 2. The minimum atomic E-state index is -4.11. The summed E-state index contributed by atoms with van der Waals surface area (Å²) in [4.78, 5) is 14.4. The van der Waals surface area contributed by atoms with Crippen LogP contribution in [0.4, 0.5) is 4.39 Å². The Morgan fingerprint density at radius 1 is 1.03 bits per heavy atom. The average Bonchev–Trinajstić information content (AvgIpc) is 3.14. The Balaban J connectivity index is 1.77. The molecule has 0 aromatic heterocycles. The molecule has 0 atom stereocenters. The van der Waals surface area contributed by atoms with E-state index in [1.165, 1.54) is 24.2 Å². The zero-order valence-corrected chi connectivity index (χ0v) is 22.3. The quantitative estimate of drug-likeness (QED) is 0.250. The Hall–Kier alpha value is -2.85. The molecule has 36 heavy (non-hydrogen) atoms. The zero-order valence-electron chi connectivity index (χ0n) is 20.7. The topological polar surface area (TPSA) is 85.3 Å². The van der Waals surface area contributed by atoms with E-state index in [9.17, 15) is 17.6 Å². The van der Waals surface area contributed by atoms with Gasteiger partial charge in [0, 0.05) is 6.54 Å². The molecule has 1 aliphatic heterocycles. The Kier molecular flexibility index (Phi) is 9.95. The molecule has 194 valence electrons. The Morgan fingerprint density at radius 3 is 2.42 bits per heavy atom. The van der Waals surface area contributed by atoms with E-state index in [1.807, 2.05) is 6.07 Å². The van der Waals surface area contributed by atoms with Crippen LogP contribution in [0, 0.1) is 5.82 Å². The molecule has 10 heteroatoms. The number of ether oxygens (including phenoxy) is 2. The standard InChI is InChI=1S/C26H31FN2O5S2/c1-4-6-7-8-9-16-34-22-15-10-19(17-23(22)33-3)18-24-25(30)29(5-2)26(35-24)28-36(31,32)21-13-11-20(27)12-14-21/h10-15,17-18H,4-9,16H2,1-3H3/b24-18-,28-26?. The molecule has 0 aliphatic carbocycles. The summed E-state index contributed by atoms with van der Waals surface area (Å²) in [6.07, 6.45) is 7.37. The lowest BCUT2D eigenvalue weighted by atomic mass is 10.1. The summed E-state index contributed by atoms with van der Waals surface area (Å²) < 4.78 is 53.8. The molecular formula is C26H31FN2O5S2. The van der Waals surface area contributed by atoms with Gasteiger partial charge in [0.25, 0.3) is 15.9 Å². The predicted molar refractivity (Wildman–Crippen MR) is 141 cm³/mol. The van der Waals surface area contributed by atoms with Crippen LogP contribution in [0.2, 0.25) is 0 Å². The van der Waals surface area contributed by atoms with E-state index in [0.717, 1.165) is 48.9 Å². The summed E-state index contributed by atoms with van der Waals surface area (Å²) in [6.45, 7) is 4.76. The first-order valence-corrected chi connectivity index (χ1v) is 14.2. The molecule has 2 aromatic rings. The molecule has 3 rings (SSSR count). The predicted octanol–water partition coefficient (Wildman–Crippen LogP) is 5.86. The SMILES string of the molecule is CCCCCCCOc1ccc(/C=C2\SC(=NS(=O)(=O)c3ccc(F)cc3)N(CC)C2=O)cc1OC. The summed E-state index contributed by atoms with van der Waals surface area (Å²) in [5.41, 5.74) is 0.705. The number of carbonyl (C=O) groups excluding carboxylic acids is 1. The second kappa shape index (κ2) is 12.9. The number of rotatable bonds is 12. The van der Waals surface area contributed by atoms with Crippen LogP contribution < -0.4 is 9.47 Å². The van der Waals surface area contributed by atoms with Crippen LogP contribution in [0.15, 0.2) is 56.7 Å². The highest BCUT2D eigenvalue weighted by molar-refractivity contribution is 8.19. The highest BCUT2D eigenvalue weighted by atomic mass is 32.2. The minimum absolute atomic E-state index is 0.0491. The van der Waals surface area contributed by atoms with Gasteiger partial charge in [-0.25, -0.2) is 4.39 Å². The third kappa shape index (κ3) is 7.10.